The SMILES string of the molecule is C=CCn1c(S[C@@H](C)C(=O)Nc2ccc(S(=O)(=O)N3CCCC3)cc2)nc2ccccc21. The predicted molar refractivity (Wildman–Crippen MR) is 128 cm³/mol. The van der Waals surface area contributed by atoms with E-state index in [-0.39, 0.29) is 10.8 Å². The number of rotatable bonds is 8. The number of para-hydroxylation sites is 2. The maximum Gasteiger partial charge on any atom is 0.243 e. The monoisotopic (exact) mass is 470 g/mol. The molecule has 1 N–H and O–H groups in total. The molecule has 1 aromatic heterocycles. The number of thioether (sulfide) groups is 1. The Morgan fingerprint density at radius 3 is 2.56 bits per heavy atom. The van der Waals surface area contributed by atoms with E-state index in [4.69, 9.17) is 0 Å². The molecular weight excluding hydrogens is 444 g/mol. The lowest BCUT2D eigenvalue weighted by molar-refractivity contribution is -0.115. The smallest absolute Gasteiger partial charge is 0.243 e. The Hall–Kier alpha value is -2.62. The van der Waals surface area contributed by atoms with E-state index < -0.39 is 15.3 Å². The first-order chi connectivity index (χ1) is 15.4. The number of aromatic nitrogens is 2. The van der Waals surface area contributed by atoms with E-state index in [1.54, 1.807) is 30.3 Å². The van der Waals surface area contributed by atoms with Crippen molar-refractivity contribution < 1.29 is 13.2 Å². The third-order valence-corrected chi connectivity index (χ3v) is 8.41. The van der Waals surface area contributed by atoms with Crippen molar-refractivity contribution in [3.8, 4) is 0 Å². The Morgan fingerprint density at radius 1 is 1.19 bits per heavy atom. The highest BCUT2D eigenvalue weighted by atomic mass is 32.2. The molecule has 168 valence electrons. The zero-order valence-electron chi connectivity index (χ0n) is 17.9. The predicted octanol–water partition coefficient (Wildman–Crippen LogP) is 4.13. The van der Waals surface area contributed by atoms with Gasteiger partial charge in [-0.3, -0.25) is 4.79 Å². The fourth-order valence-corrected chi connectivity index (χ4v) is 6.14. The summed E-state index contributed by atoms with van der Waals surface area (Å²) in [5.41, 5.74) is 2.43. The van der Waals surface area contributed by atoms with Gasteiger partial charge in [0.25, 0.3) is 0 Å². The molecule has 1 atom stereocenters. The molecule has 2 aromatic carbocycles. The zero-order chi connectivity index (χ0) is 22.7. The normalized spacial score (nSPS) is 15.7. The van der Waals surface area contributed by atoms with E-state index in [2.05, 4.69) is 16.9 Å². The van der Waals surface area contributed by atoms with Gasteiger partial charge in [0, 0.05) is 25.3 Å². The average molecular weight is 471 g/mol. The van der Waals surface area contributed by atoms with Crippen LogP contribution in [0.15, 0.2) is 71.2 Å². The Bertz CT molecular complexity index is 1230. The van der Waals surface area contributed by atoms with Crippen molar-refractivity contribution in [3.63, 3.8) is 0 Å². The molecule has 4 rings (SSSR count). The molecule has 0 radical (unpaired) electrons. The van der Waals surface area contributed by atoms with Crippen molar-refractivity contribution in [2.45, 2.75) is 41.6 Å². The van der Waals surface area contributed by atoms with E-state index in [1.165, 1.54) is 16.1 Å². The van der Waals surface area contributed by atoms with Gasteiger partial charge >= 0.3 is 0 Å². The van der Waals surface area contributed by atoms with Gasteiger partial charge in [0.05, 0.1) is 21.2 Å². The van der Waals surface area contributed by atoms with Crippen LogP contribution >= 0.6 is 11.8 Å². The van der Waals surface area contributed by atoms with Gasteiger partial charge in [0.1, 0.15) is 0 Å². The fourth-order valence-electron chi connectivity index (χ4n) is 3.69. The number of hydrogen-bond donors (Lipinski definition) is 1. The molecule has 7 nitrogen and oxygen atoms in total. The van der Waals surface area contributed by atoms with E-state index >= 15 is 0 Å². The highest BCUT2D eigenvalue weighted by molar-refractivity contribution is 8.00. The minimum atomic E-state index is -3.47. The summed E-state index contributed by atoms with van der Waals surface area (Å²) in [6.45, 7) is 7.37. The second-order valence-electron chi connectivity index (χ2n) is 7.67. The number of nitrogens with zero attached hydrogens (tertiary/aromatic N) is 3. The van der Waals surface area contributed by atoms with Gasteiger partial charge in [-0.05, 0) is 56.2 Å². The second kappa shape index (κ2) is 9.48. The van der Waals surface area contributed by atoms with Gasteiger partial charge in [-0.1, -0.05) is 30.0 Å². The number of fused-ring (bicyclic) bond motifs is 1. The molecule has 1 aliphatic rings. The lowest BCUT2D eigenvalue weighted by Crippen LogP contribution is -2.27. The van der Waals surface area contributed by atoms with Crippen molar-refractivity contribution in [2.75, 3.05) is 18.4 Å². The number of nitrogens with one attached hydrogen (secondary N) is 1. The maximum atomic E-state index is 12.8. The van der Waals surface area contributed by atoms with E-state index in [0.717, 1.165) is 29.0 Å². The Balaban J connectivity index is 1.45. The second-order valence-corrected chi connectivity index (χ2v) is 10.9. The van der Waals surface area contributed by atoms with Crippen LogP contribution in [0, 0.1) is 0 Å². The summed E-state index contributed by atoms with van der Waals surface area (Å²) in [6, 6.07) is 14.2. The van der Waals surface area contributed by atoms with Crippen molar-refractivity contribution in [1.82, 2.24) is 13.9 Å². The lowest BCUT2D eigenvalue weighted by atomic mass is 10.3. The van der Waals surface area contributed by atoms with Gasteiger partial charge in [-0.2, -0.15) is 4.31 Å². The third-order valence-electron chi connectivity index (χ3n) is 5.41. The number of imidazole rings is 1. The summed E-state index contributed by atoms with van der Waals surface area (Å²) >= 11 is 1.38. The number of carbonyl (C=O) groups excluding carboxylic acids is 1. The van der Waals surface area contributed by atoms with Crippen LogP contribution in [0.25, 0.3) is 11.0 Å². The molecule has 1 amide bonds. The highest BCUT2D eigenvalue weighted by Crippen LogP contribution is 2.28. The zero-order valence-corrected chi connectivity index (χ0v) is 19.5. The van der Waals surface area contributed by atoms with Crippen molar-refractivity contribution in [1.29, 1.82) is 0 Å². The van der Waals surface area contributed by atoms with Crippen molar-refractivity contribution in [2.24, 2.45) is 0 Å². The molecule has 1 saturated heterocycles. The standard InChI is InChI=1S/C23H26N4O3S2/c1-3-14-27-21-9-5-4-8-20(21)25-23(27)31-17(2)22(28)24-18-10-12-19(13-11-18)32(29,30)26-15-6-7-16-26/h3-5,8-13,17H,1,6-7,14-16H2,2H3,(H,24,28)/t17-/m0/s1. The number of hydrogen-bond acceptors (Lipinski definition) is 5. The molecule has 2 heterocycles. The topological polar surface area (TPSA) is 84.3 Å². The quantitative estimate of drug-likeness (QED) is 0.395. The molecule has 32 heavy (non-hydrogen) atoms. The number of amides is 1. The maximum absolute atomic E-state index is 12.8. The van der Waals surface area contributed by atoms with Crippen LogP contribution in [-0.4, -0.2) is 46.5 Å². The van der Waals surface area contributed by atoms with Crippen LogP contribution in [0.5, 0.6) is 0 Å². The van der Waals surface area contributed by atoms with Crippen LogP contribution in [0.2, 0.25) is 0 Å². The molecule has 0 spiro atoms. The highest BCUT2D eigenvalue weighted by Gasteiger charge is 2.27. The molecule has 0 saturated carbocycles. The third kappa shape index (κ3) is 4.60. The first kappa shape index (κ1) is 22.6. The van der Waals surface area contributed by atoms with Crippen LogP contribution in [-0.2, 0) is 21.4 Å². The van der Waals surface area contributed by atoms with Gasteiger partial charge in [-0.15, -0.1) is 6.58 Å². The minimum absolute atomic E-state index is 0.178. The summed E-state index contributed by atoms with van der Waals surface area (Å²) < 4.78 is 28.9. The van der Waals surface area contributed by atoms with Crippen molar-refractivity contribution in [3.05, 3.63) is 61.2 Å². The van der Waals surface area contributed by atoms with Gasteiger partial charge < -0.3 is 9.88 Å². The largest absolute Gasteiger partial charge is 0.325 e. The number of anilines is 1. The van der Waals surface area contributed by atoms with Crippen LogP contribution in [0.1, 0.15) is 19.8 Å². The van der Waals surface area contributed by atoms with Crippen molar-refractivity contribution >= 4 is 44.4 Å². The molecule has 1 fully saturated rings. The van der Waals surface area contributed by atoms with Gasteiger partial charge in [-0.25, -0.2) is 13.4 Å². The van der Waals surface area contributed by atoms with Gasteiger partial charge in [0.2, 0.25) is 15.9 Å². The van der Waals surface area contributed by atoms with Crippen LogP contribution in [0.3, 0.4) is 0 Å². The summed E-state index contributed by atoms with van der Waals surface area (Å²) in [7, 11) is -3.47. The number of carbonyl (C=O) groups is 1. The van der Waals surface area contributed by atoms with E-state index in [0.29, 0.717) is 25.3 Å². The van der Waals surface area contributed by atoms with E-state index in [1.807, 2.05) is 35.8 Å². The Morgan fingerprint density at radius 2 is 1.88 bits per heavy atom. The minimum Gasteiger partial charge on any atom is -0.325 e. The fraction of sp³-hybridized carbons (Fsp3) is 0.304. The number of sulfonamides is 1. The van der Waals surface area contributed by atoms with E-state index in [9.17, 15) is 13.2 Å². The molecular formula is C23H26N4O3S2. The summed E-state index contributed by atoms with van der Waals surface area (Å²) in [5, 5.41) is 3.22. The van der Waals surface area contributed by atoms with Crippen LogP contribution < -0.4 is 5.32 Å². The first-order valence-electron chi connectivity index (χ1n) is 10.5. The molecule has 0 bridgehead atoms. The molecule has 9 heteroatoms. The molecule has 1 aliphatic heterocycles. The average Bonchev–Trinajstić information content (AvgIpc) is 3.44. The Labute approximate surface area is 192 Å². The summed E-state index contributed by atoms with van der Waals surface area (Å²) in [5.74, 6) is -0.178. The lowest BCUT2D eigenvalue weighted by Gasteiger charge is -2.16. The molecule has 0 unspecified atom stereocenters. The van der Waals surface area contributed by atoms with Crippen LogP contribution in [0.4, 0.5) is 5.69 Å². The molecule has 0 aliphatic carbocycles. The first-order valence-corrected chi connectivity index (χ1v) is 12.9. The Kier molecular flexibility index (Phi) is 6.68. The van der Waals surface area contributed by atoms with Gasteiger partial charge in [0.15, 0.2) is 5.16 Å². The number of allylic oxidation sites excluding steroid dienone is 1. The summed E-state index contributed by atoms with van der Waals surface area (Å²) in [4.78, 5) is 17.7. The molecule has 3 aromatic rings. The number of benzene rings is 2. The summed E-state index contributed by atoms with van der Waals surface area (Å²) in [6.07, 6.45) is 3.59.